The van der Waals surface area contributed by atoms with E-state index in [4.69, 9.17) is 5.26 Å². The highest BCUT2D eigenvalue weighted by molar-refractivity contribution is 5.85. The van der Waals surface area contributed by atoms with Gasteiger partial charge in [0.15, 0.2) is 0 Å². The van der Waals surface area contributed by atoms with E-state index in [-0.39, 0.29) is 25.2 Å². The van der Waals surface area contributed by atoms with Crippen LogP contribution in [0.1, 0.15) is 36.0 Å². The molecule has 0 saturated carbocycles. The van der Waals surface area contributed by atoms with Gasteiger partial charge < -0.3 is 10.4 Å². The fraction of sp³-hybridized carbons (Fsp3) is 0.192. The molecule has 5 nitrogen and oxygen atoms in total. The molecule has 0 spiro atoms. The Morgan fingerprint density at radius 3 is 1.61 bits per heavy atom. The molecule has 3 aromatic carbocycles. The number of nitrogens with one attached hydrogen (secondary N) is 1. The van der Waals surface area contributed by atoms with E-state index in [0.717, 1.165) is 16.7 Å². The number of nitrogens with zero attached hydrogens (tertiary/aromatic N) is 1. The van der Waals surface area contributed by atoms with Crippen molar-refractivity contribution in [2.75, 3.05) is 0 Å². The van der Waals surface area contributed by atoms with Crippen LogP contribution in [0.5, 0.6) is 0 Å². The minimum absolute atomic E-state index is 0.0291. The van der Waals surface area contributed by atoms with Gasteiger partial charge in [-0.05, 0) is 23.1 Å². The Morgan fingerprint density at radius 2 is 1.26 bits per heavy atom. The van der Waals surface area contributed by atoms with E-state index in [1.54, 1.807) is 0 Å². The second kappa shape index (κ2) is 10.2. The Bertz CT molecular complexity index is 948. The number of hydrogen-bond donors (Lipinski definition) is 2. The lowest BCUT2D eigenvalue weighted by Crippen LogP contribution is -2.44. The molecule has 0 heterocycles. The van der Waals surface area contributed by atoms with E-state index < -0.39 is 17.4 Å². The largest absolute Gasteiger partial charge is 0.480 e. The SMILES string of the molecule is N#CCC[C@@H](NC(=O)CC(c1ccccc1)(c1ccccc1)c1ccccc1)C(=O)O. The number of carbonyl (C=O) groups is 2. The van der Waals surface area contributed by atoms with E-state index in [1.807, 2.05) is 97.1 Å². The molecule has 0 saturated heterocycles. The van der Waals surface area contributed by atoms with Gasteiger partial charge in [-0.25, -0.2) is 4.79 Å². The Labute approximate surface area is 182 Å². The summed E-state index contributed by atoms with van der Waals surface area (Å²) in [5.41, 5.74) is 2.01. The first kappa shape index (κ1) is 21.8. The number of amides is 1. The first-order chi connectivity index (χ1) is 15.1. The van der Waals surface area contributed by atoms with Gasteiger partial charge in [0, 0.05) is 12.8 Å². The molecule has 31 heavy (non-hydrogen) atoms. The van der Waals surface area contributed by atoms with Gasteiger partial charge in [-0.15, -0.1) is 0 Å². The molecule has 156 valence electrons. The zero-order chi connectivity index (χ0) is 22.1. The zero-order valence-electron chi connectivity index (χ0n) is 17.1. The van der Waals surface area contributed by atoms with Crippen molar-refractivity contribution < 1.29 is 14.7 Å². The average Bonchev–Trinajstić information content (AvgIpc) is 2.81. The van der Waals surface area contributed by atoms with Crippen molar-refractivity contribution in [3.8, 4) is 6.07 Å². The van der Waals surface area contributed by atoms with Gasteiger partial charge in [-0.1, -0.05) is 91.0 Å². The highest BCUT2D eigenvalue weighted by atomic mass is 16.4. The second-order valence-electron chi connectivity index (χ2n) is 7.34. The van der Waals surface area contributed by atoms with Crippen LogP contribution in [0.2, 0.25) is 0 Å². The molecule has 0 unspecified atom stereocenters. The van der Waals surface area contributed by atoms with Crippen LogP contribution in [0.15, 0.2) is 91.0 Å². The summed E-state index contributed by atoms with van der Waals surface area (Å²) in [4.78, 5) is 24.8. The van der Waals surface area contributed by atoms with Gasteiger partial charge in [0.05, 0.1) is 11.5 Å². The Hall–Kier alpha value is -3.91. The van der Waals surface area contributed by atoms with Crippen molar-refractivity contribution in [3.63, 3.8) is 0 Å². The van der Waals surface area contributed by atoms with E-state index in [1.165, 1.54) is 0 Å². The fourth-order valence-corrected chi connectivity index (χ4v) is 3.93. The van der Waals surface area contributed by atoms with Gasteiger partial charge in [0.2, 0.25) is 5.91 Å². The van der Waals surface area contributed by atoms with Crippen LogP contribution in [0, 0.1) is 11.3 Å². The molecule has 0 bridgehead atoms. The van der Waals surface area contributed by atoms with Gasteiger partial charge >= 0.3 is 5.97 Å². The molecule has 0 fully saturated rings. The number of benzene rings is 3. The third kappa shape index (κ3) is 4.99. The minimum Gasteiger partial charge on any atom is -0.480 e. The first-order valence-corrected chi connectivity index (χ1v) is 10.1. The maximum absolute atomic E-state index is 13.2. The van der Waals surface area contributed by atoms with Gasteiger partial charge in [0.25, 0.3) is 0 Å². The first-order valence-electron chi connectivity index (χ1n) is 10.1. The van der Waals surface area contributed by atoms with Crippen LogP contribution in [0.25, 0.3) is 0 Å². The molecule has 2 N–H and O–H groups in total. The normalized spacial score (nSPS) is 11.8. The smallest absolute Gasteiger partial charge is 0.326 e. The molecule has 0 aliphatic carbocycles. The highest BCUT2D eigenvalue weighted by Crippen LogP contribution is 2.42. The molecule has 0 radical (unpaired) electrons. The van der Waals surface area contributed by atoms with Gasteiger partial charge in [-0.2, -0.15) is 5.26 Å². The maximum Gasteiger partial charge on any atom is 0.326 e. The zero-order valence-corrected chi connectivity index (χ0v) is 17.1. The summed E-state index contributed by atoms with van der Waals surface area (Å²) in [5.74, 6) is -1.53. The fourth-order valence-electron chi connectivity index (χ4n) is 3.93. The van der Waals surface area contributed by atoms with E-state index in [9.17, 15) is 14.7 Å². The average molecular weight is 412 g/mol. The number of rotatable bonds is 9. The van der Waals surface area contributed by atoms with Crippen molar-refractivity contribution in [2.24, 2.45) is 0 Å². The topological polar surface area (TPSA) is 90.2 Å². The summed E-state index contributed by atoms with van der Waals surface area (Å²) in [6, 6.07) is 30.1. The molecule has 3 aromatic rings. The minimum atomic E-state index is -1.15. The summed E-state index contributed by atoms with van der Waals surface area (Å²) in [6.45, 7) is 0. The van der Waals surface area contributed by atoms with Crippen LogP contribution in [-0.2, 0) is 15.0 Å². The molecule has 1 atom stereocenters. The number of carboxylic acid groups (broad SMARTS) is 1. The van der Waals surface area contributed by atoms with Crippen LogP contribution >= 0.6 is 0 Å². The third-order valence-electron chi connectivity index (χ3n) is 5.40. The molecule has 3 rings (SSSR count). The summed E-state index contributed by atoms with van der Waals surface area (Å²) in [6.07, 6.45) is 0.145. The van der Waals surface area contributed by atoms with Crippen LogP contribution in [0.4, 0.5) is 0 Å². The molecular weight excluding hydrogens is 388 g/mol. The lowest BCUT2D eigenvalue weighted by molar-refractivity contribution is -0.142. The van der Waals surface area contributed by atoms with Crippen molar-refractivity contribution in [3.05, 3.63) is 108 Å². The van der Waals surface area contributed by atoms with Crippen LogP contribution in [-0.4, -0.2) is 23.0 Å². The molecule has 0 aliphatic heterocycles. The number of carboxylic acids is 1. The molecule has 0 aliphatic rings. The maximum atomic E-state index is 13.2. The predicted molar refractivity (Wildman–Crippen MR) is 118 cm³/mol. The second-order valence-corrected chi connectivity index (χ2v) is 7.34. The Kier molecular flexibility index (Phi) is 7.18. The van der Waals surface area contributed by atoms with E-state index >= 15 is 0 Å². The molecule has 5 heteroatoms. The predicted octanol–water partition coefficient (Wildman–Crippen LogP) is 4.28. The summed E-state index contributed by atoms with van der Waals surface area (Å²) in [7, 11) is 0. The third-order valence-corrected chi connectivity index (χ3v) is 5.40. The molecule has 1 amide bonds. The highest BCUT2D eigenvalue weighted by Gasteiger charge is 2.39. The van der Waals surface area contributed by atoms with Crippen molar-refractivity contribution in [2.45, 2.75) is 30.7 Å². The summed E-state index contributed by atoms with van der Waals surface area (Å²) < 4.78 is 0. The summed E-state index contributed by atoms with van der Waals surface area (Å²) >= 11 is 0. The quantitative estimate of drug-likeness (QED) is 0.513. The standard InChI is InChI=1S/C26H24N2O3/c27-18-10-17-23(25(30)31)28-24(29)19-26(20-11-4-1-5-12-20,21-13-6-2-7-14-21)22-15-8-3-9-16-22/h1-9,11-16,23H,10,17,19H2,(H,28,29)(H,30,31)/t23-/m1/s1. The van der Waals surface area contributed by atoms with Gasteiger partial charge in [-0.3, -0.25) is 4.79 Å². The van der Waals surface area contributed by atoms with E-state index in [0.29, 0.717) is 0 Å². The summed E-state index contributed by atoms with van der Waals surface area (Å²) in [5, 5.41) is 20.9. The molecular formula is C26H24N2O3. The van der Waals surface area contributed by atoms with Crippen molar-refractivity contribution in [1.29, 1.82) is 5.26 Å². The number of nitriles is 1. The lowest BCUT2D eigenvalue weighted by atomic mass is 9.67. The number of hydrogen-bond acceptors (Lipinski definition) is 3. The van der Waals surface area contributed by atoms with Crippen molar-refractivity contribution in [1.82, 2.24) is 5.32 Å². The van der Waals surface area contributed by atoms with Crippen molar-refractivity contribution >= 4 is 11.9 Å². The van der Waals surface area contributed by atoms with E-state index in [2.05, 4.69) is 5.32 Å². The Balaban J connectivity index is 2.09. The monoisotopic (exact) mass is 412 g/mol. The lowest BCUT2D eigenvalue weighted by Gasteiger charge is -2.36. The Morgan fingerprint density at radius 1 is 0.839 bits per heavy atom. The molecule has 0 aromatic heterocycles. The number of aliphatic carboxylic acids is 1. The number of carbonyl (C=O) groups excluding carboxylic acids is 1. The van der Waals surface area contributed by atoms with Crippen LogP contribution < -0.4 is 5.32 Å². The van der Waals surface area contributed by atoms with Gasteiger partial charge in [0.1, 0.15) is 6.04 Å². The van der Waals surface area contributed by atoms with Crippen LogP contribution in [0.3, 0.4) is 0 Å².